The molecule has 1 amide bonds. The van der Waals surface area contributed by atoms with Crippen molar-refractivity contribution in [2.75, 3.05) is 19.8 Å². The summed E-state index contributed by atoms with van der Waals surface area (Å²) in [5, 5.41) is 21.0. The molecule has 1 atom stereocenters. The zero-order valence-electron chi connectivity index (χ0n) is 12.9. The minimum atomic E-state index is -0.964. The lowest BCUT2D eigenvalue weighted by Gasteiger charge is -2.34. The van der Waals surface area contributed by atoms with E-state index in [4.69, 9.17) is 9.84 Å². The largest absolute Gasteiger partial charge is 0.481 e. The Morgan fingerprint density at radius 3 is 2.83 bits per heavy atom. The van der Waals surface area contributed by atoms with Crippen LogP contribution in [0.2, 0.25) is 0 Å². The van der Waals surface area contributed by atoms with Gasteiger partial charge in [0.2, 0.25) is 11.7 Å². The second-order valence-electron chi connectivity index (χ2n) is 5.42. The molecule has 126 valence electrons. The van der Waals surface area contributed by atoms with Crippen molar-refractivity contribution in [1.82, 2.24) is 25.1 Å². The summed E-state index contributed by atoms with van der Waals surface area (Å²) in [5.41, 5.74) is 0.811. The highest BCUT2D eigenvalue weighted by molar-refractivity contribution is 5.77. The summed E-state index contributed by atoms with van der Waals surface area (Å²) in [4.78, 5) is 26.1. The molecule has 0 bridgehead atoms. The van der Waals surface area contributed by atoms with Gasteiger partial charge in [-0.15, -0.1) is 10.2 Å². The van der Waals surface area contributed by atoms with Gasteiger partial charge in [0.05, 0.1) is 25.7 Å². The first kappa shape index (κ1) is 16.1. The van der Waals surface area contributed by atoms with Crippen molar-refractivity contribution in [2.45, 2.75) is 19.0 Å². The molecule has 1 aromatic carbocycles. The van der Waals surface area contributed by atoms with Gasteiger partial charge in [0.15, 0.2) is 0 Å². The summed E-state index contributed by atoms with van der Waals surface area (Å²) in [7, 11) is 0. The molecule has 1 aliphatic heterocycles. The minimum absolute atomic E-state index is 0.0873. The first-order valence-corrected chi connectivity index (χ1v) is 7.55. The molecule has 2 aromatic rings. The molecular formula is C15H17N5O4. The predicted octanol–water partition coefficient (Wildman–Crippen LogP) is 0.0422. The molecule has 3 rings (SSSR count). The first-order chi connectivity index (χ1) is 11.6. The molecule has 9 heteroatoms. The smallest absolute Gasteiger partial charge is 0.305 e. The van der Waals surface area contributed by atoms with Crippen LogP contribution in [-0.4, -0.2) is 67.9 Å². The van der Waals surface area contributed by atoms with Gasteiger partial charge >= 0.3 is 5.97 Å². The fourth-order valence-electron chi connectivity index (χ4n) is 2.58. The number of benzene rings is 1. The molecule has 1 aromatic heterocycles. The first-order valence-electron chi connectivity index (χ1n) is 7.55. The maximum Gasteiger partial charge on any atom is 0.305 e. The SMILES string of the molecule is O=C(O)CC1COCCN1C(=O)Cn1nnc(-c2ccccc2)n1. The van der Waals surface area contributed by atoms with Gasteiger partial charge in [0, 0.05) is 12.1 Å². The van der Waals surface area contributed by atoms with E-state index in [-0.39, 0.29) is 25.5 Å². The van der Waals surface area contributed by atoms with E-state index in [1.165, 1.54) is 9.70 Å². The third-order valence-corrected chi connectivity index (χ3v) is 3.72. The van der Waals surface area contributed by atoms with Crippen molar-refractivity contribution in [3.8, 4) is 11.4 Å². The predicted molar refractivity (Wildman–Crippen MR) is 81.8 cm³/mol. The topological polar surface area (TPSA) is 110 Å². The Morgan fingerprint density at radius 1 is 1.29 bits per heavy atom. The molecule has 0 saturated carbocycles. The normalized spacial score (nSPS) is 17.7. The number of carboxylic acids is 1. The third kappa shape index (κ3) is 3.74. The average Bonchev–Trinajstić information content (AvgIpc) is 3.04. The van der Waals surface area contributed by atoms with Gasteiger partial charge < -0.3 is 14.7 Å². The standard InChI is InChI=1S/C15H17N5O4/c21-13(19-6-7-24-10-12(19)8-14(22)23)9-20-17-15(16-18-20)11-4-2-1-3-5-11/h1-5,12H,6-10H2,(H,22,23). The van der Waals surface area contributed by atoms with Crippen LogP contribution in [0, 0.1) is 0 Å². The molecule has 0 radical (unpaired) electrons. The number of carbonyl (C=O) groups excluding carboxylic acids is 1. The van der Waals surface area contributed by atoms with Crippen LogP contribution in [0.15, 0.2) is 30.3 Å². The number of carboxylic acid groups (broad SMARTS) is 1. The van der Waals surface area contributed by atoms with Gasteiger partial charge in [-0.25, -0.2) is 0 Å². The van der Waals surface area contributed by atoms with E-state index in [2.05, 4.69) is 15.4 Å². The molecule has 2 heterocycles. The van der Waals surface area contributed by atoms with Crippen LogP contribution in [-0.2, 0) is 20.9 Å². The van der Waals surface area contributed by atoms with E-state index >= 15 is 0 Å². The zero-order chi connectivity index (χ0) is 16.9. The van der Waals surface area contributed by atoms with E-state index in [1.807, 2.05) is 30.3 Å². The molecule has 1 saturated heterocycles. The van der Waals surface area contributed by atoms with Crippen LogP contribution in [0.25, 0.3) is 11.4 Å². The second kappa shape index (κ2) is 7.18. The van der Waals surface area contributed by atoms with Gasteiger partial charge in [0.1, 0.15) is 6.54 Å². The Hall–Kier alpha value is -2.81. The molecule has 1 aliphatic rings. The lowest BCUT2D eigenvalue weighted by molar-refractivity contribution is -0.146. The maximum atomic E-state index is 12.5. The zero-order valence-corrected chi connectivity index (χ0v) is 12.9. The summed E-state index contributed by atoms with van der Waals surface area (Å²) in [5.74, 6) is -0.775. The van der Waals surface area contributed by atoms with E-state index in [0.717, 1.165) is 5.56 Å². The number of ether oxygens (including phenoxy) is 1. The molecule has 24 heavy (non-hydrogen) atoms. The van der Waals surface area contributed by atoms with Crippen LogP contribution in [0.5, 0.6) is 0 Å². The Balaban J connectivity index is 1.68. The molecule has 0 aliphatic carbocycles. The third-order valence-electron chi connectivity index (χ3n) is 3.72. The maximum absolute atomic E-state index is 12.5. The van der Waals surface area contributed by atoms with Gasteiger partial charge in [-0.05, 0) is 5.21 Å². The fraction of sp³-hybridized carbons (Fsp3) is 0.400. The summed E-state index contributed by atoms with van der Waals surface area (Å²) < 4.78 is 5.27. The number of rotatable bonds is 5. The number of tetrazole rings is 1. The fourth-order valence-corrected chi connectivity index (χ4v) is 2.58. The number of hydrogen-bond donors (Lipinski definition) is 1. The molecule has 0 spiro atoms. The van der Waals surface area contributed by atoms with Crippen molar-refractivity contribution in [3.05, 3.63) is 30.3 Å². The van der Waals surface area contributed by atoms with Gasteiger partial charge in [-0.2, -0.15) is 4.80 Å². The minimum Gasteiger partial charge on any atom is -0.481 e. The van der Waals surface area contributed by atoms with Crippen LogP contribution >= 0.6 is 0 Å². The van der Waals surface area contributed by atoms with Gasteiger partial charge in [-0.3, -0.25) is 9.59 Å². The number of nitrogens with zero attached hydrogens (tertiary/aromatic N) is 5. The highest BCUT2D eigenvalue weighted by Crippen LogP contribution is 2.13. The van der Waals surface area contributed by atoms with Crippen LogP contribution < -0.4 is 0 Å². The summed E-state index contributed by atoms with van der Waals surface area (Å²) >= 11 is 0. The van der Waals surface area contributed by atoms with Crippen LogP contribution in [0.3, 0.4) is 0 Å². The summed E-state index contributed by atoms with van der Waals surface area (Å²) in [6, 6.07) is 8.86. The van der Waals surface area contributed by atoms with E-state index in [9.17, 15) is 9.59 Å². The average molecular weight is 331 g/mol. The number of morpholine rings is 1. The van der Waals surface area contributed by atoms with Crippen molar-refractivity contribution < 1.29 is 19.4 Å². The number of aliphatic carboxylic acids is 1. The number of aromatic nitrogens is 4. The molecule has 9 nitrogen and oxygen atoms in total. The van der Waals surface area contributed by atoms with E-state index in [1.54, 1.807) is 0 Å². The van der Waals surface area contributed by atoms with Crippen molar-refractivity contribution in [1.29, 1.82) is 0 Å². The Labute approximate surface area is 137 Å². The highest BCUT2D eigenvalue weighted by atomic mass is 16.5. The summed E-state index contributed by atoms with van der Waals surface area (Å²) in [6.07, 6.45) is -0.147. The van der Waals surface area contributed by atoms with Gasteiger partial charge in [-0.1, -0.05) is 30.3 Å². The lowest BCUT2D eigenvalue weighted by Crippen LogP contribution is -2.50. The van der Waals surface area contributed by atoms with Crippen molar-refractivity contribution >= 4 is 11.9 Å². The molecule has 1 N–H and O–H groups in total. The molecule has 1 fully saturated rings. The summed E-state index contributed by atoms with van der Waals surface area (Å²) in [6.45, 7) is 0.882. The molecular weight excluding hydrogens is 314 g/mol. The van der Waals surface area contributed by atoms with Gasteiger partial charge in [0.25, 0.3) is 0 Å². The van der Waals surface area contributed by atoms with E-state index < -0.39 is 12.0 Å². The second-order valence-corrected chi connectivity index (χ2v) is 5.42. The molecule has 1 unspecified atom stereocenters. The number of carbonyl (C=O) groups is 2. The van der Waals surface area contributed by atoms with Crippen LogP contribution in [0.1, 0.15) is 6.42 Å². The van der Waals surface area contributed by atoms with Crippen LogP contribution in [0.4, 0.5) is 0 Å². The Morgan fingerprint density at radius 2 is 2.08 bits per heavy atom. The highest BCUT2D eigenvalue weighted by Gasteiger charge is 2.29. The van der Waals surface area contributed by atoms with Crippen molar-refractivity contribution in [2.24, 2.45) is 0 Å². The quantitative estimate of drug-likeness (QED) is 0.823. The lowest BCUT2D eigenvalue weighted by atomic mass is 10.1. The Bertz CT molecular complexity index is 718. The van der Waals surface area contributed by atoms with E-state index in [0.29, 0.717) is 19.0 Å². The Kier molecular flexibility index (Phi) is 4.80. The van der Waals surface area contributed by atoms with Crippen molar-refractivity contribution in [3.63, 3.8) is 0 Å². The number of amides is 1. The monoisotopic (exact) mass is 331 g/mol. The number of hydrogen-bond acceptors (Lipinski definition) is 6.